The number of hydrogen-bond acceptors (Lipinski definition) is 2. The van der Waals surface area contributed by atoms with Gasteiger partial charge in [-0.2, -0.15) is 13.2 Å². The van der Waals surface area contributed by atoms with Gasteiger partial charge in [-0.05, 0) is 17.7 Å². The lowest BCUT2D eigenvalue weighted by molar-refractivity contribution is -0.173. The van der Waals surface area contributed by atoms with E-state index < -0.39 is 12.8 Å². The molecule has 3 nitrogen and oxygen atoms in total. The third-order valence-corrected chi connectivity index (χ3v) is 2.36. The summed E-state index contributed by atoms with van der Waals surface area (Å²) in [6.07, 6.45) is -4.19. The minimum absolute atomic E-state index is 0.0441. The Morgan fingerprint density at radius 3 is 2.47 bits per heavy atom. The number of benzene rings is 1. The van der Waals surface area contributed by atoms with Crippen LogP contribution in [0.3, 0.4) is 0 Å². The average Bonchev–Trinajstić information content (AvgIpc) is 2.30. The predicted molar refractivity (Wildman–Crippen MR) is 65.0 cm³/mol. The topological polar surface area (TPSA) is 38.3 Å². The van der Waals surface area contributed by atoms with Gasteiger partial charge < -0.3 is 10.1 Å². The molecule has 1 amide bonds. The van der Waals surface area contributed by atoms with E-state index in [9.17, 15) is 18.0 Å². The SMILES string of the molecule is O=C(Cc1ccc(Cl)cc1)NCCOCC(F)(F)F. The van der Waals surface area contributed by atoms with E-state index in [1.807, 2.05) is 0 Å². The third kappa shape index (κ3) is 7.69. The van der Waals surface area contributed by atoms with Gasteiger partial charge in [-0.25, -0.2) is 0 Å². The molecule has 0 heterocycles. The van der Waals surface area contributed by atoms with Crippen LogP contribution in [-0.4, -0.2) is 31.8 Å². The summed E-state index contributed by atoms with van der Waals surface area (Å²) in [5.41, 5.74) is 0.776. The molecular formula is C12H13ClF3NO2. The first kappa shape index (κ1) is 15.8. The maximum absolute atomic E-state index is 11.7. The first-order chi connectivity index (χ1) is 8.87. The number of halogens is 4. The molecule has 106 valence electrons. The van der Waals surface area contributed by atoms with Crippen molar-refractivity contribution in [3.63, 3.8) is 0 Å². The minimum atomic E-state index is -4.34. The molecule has 0 aliphatic rings. The van der Waals surface area contributed by atoms with Gasteiger partial charge in [0.25, 0.3) is 0 Å². The van der Waals surface area contributed by atoms with Crippen LogP contribution in [0.15, 0.2) is 24.3 Å². The molecule has 0 atom stereocenters. The van der Waals surface area contributed by atoms with Crippen LogP contribution in [0.2, 0.25) is 5.02 Å². The van der Waals surface area contributed by atoms with Crippen LogP contribution >= 0.6 is 11.6 Å². The zero-order valence-electron chi connectivity index (χ0n) is 9.97. The van der Waals surface area contributed by atoms with Crippen molar-refractivity contribution in [2.75, 3.05) is 19.8 Å². The molecule has 0 spiro atoms. The monoisotopic (exact) mass is 295 g/mol. The highest BCUT2D eigenvalue weighted by Gasteiger charge is 2.27. The van der Waals surface area contributed by atoms with Crippen LogP contribution in [0, 0.1) is 0 Å². The standard InChI is InChI=1S/C12H13ClF3NO2/c13-10-3-1-9(2-4-10)7-11(18)17-5-6-19-8-12(14,15)16/h1-4H,5-8H2,(H,17,18). The summed E-state index contributed by atoms with van der Waals surface area (Å²) in [7, 11) is 0. The summed E-state index contributed by atoms with van der Waals surface area (Å²) in [5, 5.41) is 3.04. The number of carbonyl (C=O) groups excluding carboxylic acids is 1. The summed E-state index contributed by atoms with van der Waals surface area (Å²) in [4.78, 5) is 11.4. The molecule has 0 saturated carbocycles. The van der Waals surface area contributed by atoms with Crippen LogP contribution in [0.5, 0.6) is 0 Å². The summed E-state index contributed by atoms with van der Waals surface area (Å²) < 4.78 is 39.6. The average molecular weight is 296 g/mol. The fourth-order valence-electron chi connectivity index (χ4n) is 1.30. The second-order valence-corrected chi connectivity index (χ2v) is 4.26. The molecule has 1 rings (SSSR count). The number of rotatable bonds is 6. The summed E-state index contributed by atoms with van der Waals surface area (Å²) >= 11 is 5.69. The smallest absolute Gasteiger partial charge is 0.370 e. The number of hydrogen-bond donors (Lipinski definition) is 1. The van der Waals surface area contributed by atoms with E-state index in [4.69, 9.17) is 11.6 Å². The Bertz CT molecular complexity index is 406. The van der Waals surface area contributed by atoms with E-state index in [-0.39, 0.29) is 25.5 Å². The van der Waals surface area contributed by atoms with Crippen LogP contribution < -0.4 is 5.32 Å². The zero-order valence-corrected chi connectivity index (χ0v) is 10.7. The van der Waals surface area contributed by atoms with Crippen LogP contribution in [-0.2, 0) is 16.0 Å². The molecular weight excluding hydrogens is 283 g/mol. The van der Waals surface area contributed by atoms with Gasteiger partial charge in [-0.3, -0.25) is 4.79 Å². The highest BCUT2D eigenvalue weighted by atomic mass is 35.5. The fraction of sp³-hybridized carbons (Fsp3) is 0.417. The minimum Gasteiger partial charge on any atom is -0.370 e. The Labute approximate surface area is 113 Å². The largest absolute Gasteiger partial charge is 0.411 e. The molecule has 1 aromatic rings. The van der Waals surface area contributed by atoms with Crippen LogP contribution in [0.25, 0.3) is 0 Å². The van der Waals surface area contributed by atoms with Gasteiger partial charge >= 0.3 is 6.18 Å². The summed E-state index contributed by atoms with van der Waals surface area (Å²) in [5.74, 6) is -0.280. The van der Waals surface area contributed by atoms with Gasteiger partial charge in [-0.15, -0.1) is 0 Å². The van der Waals surface area contributed by atoms with E-state index >= 15 is 0 Å². The normalized spacial score (nSPS) is 11.4. The lowest BCUT2D eigenvalue weighted by Crippen LogP contribution is -2.30. The van der Waals surface area contributed by atoms with Crippen molar-refractivity contribution < 1.29 is 22.7 Å². The molecule has 0 saturated heterocycles. The molecule has 7 heteroatoms. The third-order valence-electron chi connectivity index (χ3n) is 2.11. The zero-order chi connectivity index (χ0) is 14.3. The molecule has 0 bridgehead atoms. The number of amides is 1. The Balaban J connectivity index is 2.16. The molecule has 0 unspecified atom stereocenters. The van der Waals surface area contributed by atoms with Gasteiger partial charge in [0, 0.05) is 11.6 Å². The molecule has 0 aliphatic heterocycles. The maximum Gasteiger partial charge on any atom is 0.411 e. The number of alkyl halides is 3. The number of carbonyl (C=O) groups is 1. The van der Waals surface area contributed by atoms with Crippen LogP contribution in [0.4, 0.5) is 13.2 Å². The number of ether oxygens (including phenoxy) is 1. The van der Waals surface area contributed by atoms with E-state index in [1.165, 1.54) is 0 Å². The molecule has 1 aromatic carbocycles. The van der Waals surface area contributed by atoms with Crippen molar-refractivity contribution in [2.45, 2.75) is 12.6 Å². The van der Waals surface area contributed by atoms with Crippen molar-refractivity contribution in [3.8, 4) is 0 Å². The van der Waals surface area contributed by atoms with Gasteiger partial charge in [0.1, 0.15) is 6.61 Å². The van der Waals surface area contributed by atoms with Gasteiger partial charge in [-0.1, -0.05) is 23.7 Å². The fourth-order valence-corrected chi connectivity index (χ4v) is 1.43. The van der Waals surface area contributed by atoms with Gasteiger partial charge in [0.15, 0.2) is 0 Å². The van der Waals surface area contributed by atoms with Crippen LogP contribution in [0.1, 0.15) is 5.56 Å². The molecule has 19 heavy (non-hydrogen) atoms. The molecule has 0 fully saturated rings. The lowest BCUT2D eigenvalue weighted by atomic mass is 10.1. The van der Waals surface area contributed by atoms with E-state index in [1.54, 1.807) is 24.3 Å². The Morgan fingerprint density at radius 1 is 1.26 bits per heavy atom. The van der Waals surface area contributed by atoms with Crippen molar-refractivity contribution in [2.24, 2.45) is 0 Å². The van der Waals surface area contributed by atoms with E-state index in [0.717, 1.165) is 5.56 Å². The Morgan fingerprint density at radius 2 is 1.89 bits per heavy atom. The lowest BCUT2D eigenvalue weighted by Gasteiger charge is -2.08. The molecule has 0 radical (unpaired) electrons. The highest BCUT2D eigenvalue weighted by Crippen LogP contribution is 2.14. The Hall–Kier alpha value is -1.27. The van der Waals surface area contributed by atoms with Crippen molar-refractivity contribution in [1.29, 1.82) is 0 Å². The second-order valence-electron chi connectivity index (χ2n) is 3.82. The Kier molecular flexibility index (Phi) is 6.11. The van der Waals surface area contributed by atoms with Crippen molar-refractivity contribution in [1.82, 2.24) is 5.32 Å². The van der Waals surface area contributed by atoms with Crippen molar-refractivity contribution >= 4 is 17.5 Å². The summed E-state index contributed by atoms with van der Waals surface area (Å²) in [6, 6.07) is 6.75. The molecule has 0 aliphatic carbocycles. The second kappa shape index (κ2) is 7.35. The first-order valence-electron chi connectivity index (χ1n) is 5.52. The van der Waals surface area contributed by atoms with E-state index in [2.05, 4.69) is 10.1 Å². The summed E-state index contributed by atoms with van der Waals surface area (Å²) in [6.45, 7) is -1.44. The quantitative estimate of drug-likeness (QED) is 0.819. The molecule has 1 N–H and O–H groups in total. The van der Waals surface area contributed by atoms with Gasteiger partial charge in [0.05, 0.1) is 13.0 Å². The first-order valence-corrected chi connectivity index (χ1v) is 5.90. The molecule has 0 aromatic heterocycles. The van der Waals surface area contributed by atoms with E-state index in [0.29, 0.717) is 5.02 Å². The predicted octanol–water partition coefficient (Wildman–Crippen LogP) is 2.58. The highest BCUT2D eigenvalue weighted by molar-refractivity contribution is 6.30. The maximum atomic E-state index is 11.7. The van der Waals surface area contributed by atoms with Crippen molar-refractivity contribution in [3.05, 3.63) is 34.9 Å². The number of nitrogens with one attached hydrogen (secondary N) is 1. The van der Waals surface area contributed by atoms with Gasteiger partial charge in [0.2, 0.25) is 5.91 Å².